The molecule has 35 heavy (non-hydrogen) atoms. The predicted octanol–water partition coefficient (Wildman–Crippen LogP) is 3.63. The molecule has 0 bridgehead atoms. The van der Waals surface area contributed by atoms with Crippen molar-refractivity contribution in [1.82, 2.24) is 25.8 Å². The van der Waals surface area contributed by atoms with Crippen LogP contribution in [0.1, 0.15) is 31.2 Å². The predicted molar refractivity (Wildman–Crippen MR) is 139 cm³/mol. The Morgan fingerprint density at radius 1 is 1.06 bits per heavy atom. The molecule has 2 aliphatic rings. The fourth-order valence-electron chi connectivity index (χ4n) is 4.65. The normalized spacial score (nSPS) is 20.8. The number of carbonyl (C=O) groups excluding carboxylic acids is 2. The number of nitrogens with one attached hydrogen (secondary N) is 4. The van der Waals surface area contributed by atoms with E-state index in [0.29, 0.717) is 24.0 Å². The van der Waals surface area contributed by atoms with Gasteiger partial charge in [-0.1, -0.05) is 42.8 Å². The number of thioether (sulfide) groups is 1. The van der Waals surface area contributed by atoms with E-state index in [-0.39, 0.29) is 29.8 Å². The number of urea groups is 1. The molecule has 0 saturated carbocycles. The van der Waals surface area contributed by atoms with Crippen LogP contribution in [0.2, 0.25) is 0 Å². The largest absolute Gasteiger partial charge is 0.368 e. The average molecular weight is 492 g/mol. The summed E-state index contributed by atoms with van der Waals surface area (Å²) in [5.74, 6) is 1.94. The van der Waals surface area contributed by atoms with Crippen LogP contribution in [0.4, 0.5) is 22.4 Å². The summed E-state index contributed by atoms with van der Waals surface area (Å²) in [6.07, 6.45) is 4.01. The fraction of sp³-hybridized carbons (Fsp3) is 0.360. The van der Waals surface area contributed by atoms with Crippen LogP contribution in [0.3, 0.4) is 0 Å². The van der Waals surface area contributed by atoms with Gasteiger partial charge in [-0.05, 0) is 41.7 Å². The Hall–Kier alpha value is -3.53. The number of aromatic amines is 1. The van der Waals surface area contributed by atoms with E-state index in [4.69, 9.17) is 5.73 Å². The molecule has 6 N–H and O–H groups in total. The summed E-state index contributed by atoms with van der Waals surface area (Å²) < 4.78 is 0. The highest BCUT2D eigenvalue weighted by Gasteiger charge is 2.42. The van der Waals surface area contributed by atoms with Crippen LogP contribution in [-0.4, -0.2) is 50.1 Å². The zero-order chi connectivity index (χ0) is 24.2. The quantitative estimate of drug-likeness (QED) is 0.216. The number of hydrogen-bond acceptors (Lipinski definition) is 7. The Balaban J connectivity index is 1.05. The second kappa shape index (κ2) is 10.4. The van der Waals surface area contributed by atoms with Crippen LogP contribution in [0, 0.1) is 0 Å². The van der Waals surface area contributed by atoms with Crippen molar-refractivity contribution < 1.29 is 9.59 Å². The molecular formula is C25H29N7O2S. The molecule has 2 aromatic carbocycles. The van der Waals surface area contributed by atoms with Gasteiger partial charge in [0, 0.05) is 29.5 Å². The third-order valence-electron chi connectivity index (χ3n) is 6.46. The molecule has 3 atom stereocenters. The first-order chi connectivity index (χ1) is 17.0. The third-order valence-corrected chi connectivity index (χ3v) is 7.97. The van der Waals surface area contributed by atoms with Crippen molar-refractivity contribution in [1.29, 1.82) is 0 Å². The van der Waals surface area contributed by atoms with Crippen LogP contribution in [0.15, 0.2) is 48.5 Å². The summed E-state index contributed by atoms with van der Waals surface area (Å²) in [6.45, 7) is 0. The number of aromatic nitrogens is 3. The van der Waals surface area contributed by atoms with Gasteiger partial charge in [0.2, 0.25) is 11.9 Å². The lowest BCUT2D eigenvalue weighted by Crippen LogP contribution is -2.36. The van der Waals surface area contributed by atoms with E-state index in [0.717, 1.165) is 47.4 Å². The molecule has 3 heterocycles. The number of hydrogen-bond donors (Lipinski definition) is 5. The smallest absolute Gasteiger partial charge is 0.315 e. The highest BCUT2D eigenvalue weighted by atomic mass is 32.2. The van der Waals surface area contributed by atoms with Crippen LogP contribution >= 0.6 is 11.8 Å². The summed E-state index contributed by atoms with van der Waals surface area (Å²) in [5.41, 5.74) is 9.63. The van der Waals surface area contributed by atoms with E-state index < -0.39 is 0 Å². The van der Waals surface area contributed by atoms with E-state index >= 15 is 0 Å². The second-order valence-corrected chi connectivity index (χ2v) is 10.3. The van der Waals surface area contributed by atoms with Crippen molar-refractivity contribution in [3.63, 3.8) is 0 Å². The first-order valence-corrected chi connectivity index (χ1v) is 12.9. The second-order valence-electron chi connectivity index (χ2n) is 9.03. The molecule has 2 saturated heterocycles. The zero-order valence-electron chi connectivity index (χ0n) is 19.3. The Kier molecular flexibility index (Phi) is 6.89. The lowest BCUT2D eigenvalue weighted by atomic mass is 9.99. The highest BCUT2D eigenvalue weighted by molar-refractivity contribution is 8.00. The maximum Gasteiger partial charge on any atom is 0.315 e. The van der Waals surface area contributed by atoms with E-state index in [1.165, 1.54) is 0 Å². The van der Waals surface area contributed by atoms with Crippen molar-refractivity contribution >= 4 is 41.2 Å². The Labute approximate surface area is 208 Å². The van der Waals surface area contributed by atoms with Crippen molar-refractivity contribution in [3.05, 3.63) is 54.1 Å². The van der Waals surface area contributed by atoms with Crippen LogP contribution in [-0.2, 0) is 11.2 Å². The lowest BCUT2D eigenvalue weighted by Gasteiger charge is -2.16. The zero-order valence-corrected chi connectivity index (χ0v) is 20.1. The number of fused-ring (bicyclic) bond motifs is 1. The number of nitrogens with zero attached hydrogens (tertiary/aromatic N) is 2. The molecule has 2 fully saturated rings. The number of rotatable bonds is 10. The van der Waals surface area contributed by atoms with Crippen LogP contribution in [0.25, 0.3) is 11.1 Å². The molecule has 0 spiro atoms. The first-order valence-electron chi connectivity index (χ1n) is 11.9. The topological polar surface area (TPSA) is 138 Å². The van der Waals surface area contributed by atoms with Crippen molar-refractivity contribution in [2.24, 2.45) is 0 Å². The van der Waals surface area contributed by atoms with Gasteiger partial charge in [0.1, 0.15) is 5.78 Å². The monoisotopic (exact) mass is 491 g/mol. The standard InChI is InChI=1S/C25H29N7O2S/c26-23-30-24(32-31-23)27-18-11-9-17(10-12-18)16-7-5-15(6-8-16)13-19(33)3-1-2-4-21-22-20(14-35-21)28-25(34)29-22/h5-12,20-22H,1-4,13-14H2,(H2,28,29,34)(H4,26,27,30,31,32)/t20-,21-,22-/m0/s1. The number of Topliss-reactive ketones (excluding diaryl/α,β-unsaturated/α-hetero) is 1. The molecule has 1 aromatic heterocycles. The van der Waals surface area contributed by atoms with Gasteiger partial charge in [0.05, 0.1) is 12.1 Å². The minimum absolute atomic E-state index is 0.0470. The van der Waals surface area contributed by atoms with Gasteiger partial charge in [0.15, 0.2) is 0 Å². The van der Waals surface area contributed by atoms with Crippen molar-refractivity contribution in [2.45, 2.75) is 49.4 Å². The number of carbonyl (C=O) groups is 2. The summed E-state index contributed by atoms with van der Waals surface area (Å²) in [5, 5.41) is 16.1. The summed E-state index contributed by atoms with van der Waals surface area (Å²) >= 11 is 1.92. The number of benzene rings is 2. The van der Waals surface area contributed by atoms with Gasteiger partial charge >= 0.3 is 6.03 Å². The Bertz CT molecular complexity index is 1180. The molecule has 10 heteroatoms. The highest BCUT2D eigenvalue weighted by Crippen LogP contribution is 2.33. The summed E-state index contributed by atoms with van der Waals surface area (Å²) in [6, 6.07) is 16.6. The number of H-pyrrole nitrogens is 1. The van der Waals surface area contributed by atoms with Gasteiger partial charge in [-0.15, -0.1) is 5.10 Å². The van der Waals surface area contributed by atoms with Crippen molar-refractivity contribution in [2.75, 3.05) is 16.8 Å². The number of nitrogens with two attached hydrogens (primary N) is 1. The molecule has 5 rings (SSSR count). The minimum Gasteiger partial charge on any atom is -0.368 e. The van der Waals surface area contributed by atoms with Crippen LogP contribution < -0.4 is 21.7 Å². The van der Waals surface area contributed by atoms with Gasteiger partial charge in [-0.2, -0.15) is 16.7 Å². The fourth-order valence-corrected chi connectivity index (χ4v) is 6.19. The molecule has 9 nitrogen and oxygen atoms in total. The van der Waals surface area contributed by atoms with Gasteiger partial charge < -0.3 is 21.7 Å². The number of anilines is 3. The number of unbranched alkanes of at least 4 members (excludes halogenated alkanes) is 1. The molecule has 2 aliphatic heterocycles. The van der Waals surface area contributed by atoms with Gasteiger partial charge in [-0.25, -0.2) is 9.89 Å². The van der Waals surface area contributed by atoms with Crippen LogP contribution in [0.5, 0.6) is 0 Å². The van der Waals surface area contributed by atoms with E-state index in [1.807, 2.05) is 48.2 Å². The maximum atomic E-state index is 12.5. The number of ketones is 1. The maximum absolute atomic E-state index is 12.5. The molecule has 0 unspecified atom stereocenters. The molecule has 0 aliphatic carbocycles. The molecule has 0 radical (unpaired) electrons. The van der Waals surface area contributed by atoms with Crippen molar-refractivity contribution in [3.8, 4) is 11.1 Å². The lowest BCUT2D eigenvalue weighted by molar-refractivity contribution is -0.118. The SMILES string of the molecule is Nc1nc(Nc2ccc(-c3ccc(CC(=O)CCCC[C@@H]4SC[C@@H]5NC(=O)N[C@@H]54)cc3)cc2)n[nH]1. The summed E-state index contributed by atoms with van der Waals surface area (Å²) in [7, 11) is 0. The Morgan fingerprint density at radius 2 is 1.80 bits per heavy atom. The number of nitrogen functional groups attached to an aromatic ring is 1. The molecule has 182 valence electrons. The number of amides is 2. The average Bonchev–Trinajstić information content (AvgIpc) is 3.54. The van der Waals surface area contributed by atoms with E-state index in [2.05, 4.69) is 43.3 Å². The minimum atomic E-state index is -0.0470. The van der Waals surface area contributed by atoms with E-state index in [9.17, 15) is 9.59 Å². The molecular weight excluding hydrogens is 462 g/mol. The Morgan fingerprint density at radius 3 is 2.51 bits per heavy atom. The van der Waals surface area contributed by atoms with Gasteiger partial charge in [0.25, 0.3) is 0 Å². The van der Waals surface area contributed by atoms with Gasteiger partial charge in [-0.3, -0.25) is 4.79 Å². The van der Waals surface area contributed by atoms with E-state index in [1.54, 1.807) is 0 Å². The first kappa shape index (κ1) is 23.2. The molecule has 2 amide bonds. The summed E-state index contributed by atoms with van der Waals surface area (Å²) in [4.78, 5) is 28.0. The molecule has 3 aromatic rings. The third kappa shape index (κ3) is 5.76.